The molecule has 0 N–H and O–H groups in total. The fraction of sp³-hybridized carbons (Fsp3) is 0.688. The molecule has 0 aliphatic rings. The van der Waals surface area contributed by atoms with Gasteiger partial charge in [-0.15, -0.1) is 0 Å². The third-order valence-electron chi connectivity index (χ3n) is 3.38. The molecular weight excluding hydrogens is 222 g/mol. The summed E-state index contributed by atoms with van der Waals surface area (Å²) in [5.41, 5.74) is 2.66. The van der Waals surface area contributed by atoms with Gasteiger partial charge in [-0.25, -0.2) is 0 Å². The van der Waals surface area contributed by atoms with Crippen molar-refractivity contribution in [3.8, 4) is 0 Å². The van der Waals surface area contributed by atoms with Gasteiger partial charge in [-0.2, -0.15) is 4.57 Å². The van der Waals surface area contributed by atoms with Crippen molar-refractivity contribution in [3.63, 3.8) is 0 Å². The molecule has 1 heterocycles. The van der Waals surface area contributed by atoms with Crippen LogP contribution < -0.4 is 4.57 Å². The van der Waals surface area contributed by atoms with E-state index in [9.17, 15) is 0 Å². The number of aromatic nitrogens is 1. The molecule has 0 bridgehead atoms. The zero-order valence-electron chi connectivity index (χ0n) is 12.2. The zero-order chi connectivity index (χ0) is 13.2. The van der Waals surface area contributed by atoms with Crippen LogP contribution >= 0.6 is 0 Å². The van der Waals surface area contributed by atoms with E-state index < -0.39 is 0 Å². The number of unbranched alkanes of at least 4 members (excludes halogenated alkanes) is 5. The minimum Gasteiger partial charge on any atom is -0.323 e. The first kappa shape index (κ1) is 15.2. The average molecular weight is 250 g/mol. The summed E-state index contributed by atoms with van der Waals surface area (Å²) in [5.74, 6) is 0. The molecule has 102 valence electrons. The first-order valence-corrected chi connectivity index (χ1v) is 7.28. The van der Waals surface area contributed by atoms with Gasteiger partial charge in [0.2, 0.25) is 0 Å². The second-order valence-corrected chi connectivity index (χ2v) is 5.13. The lowest BCUT2D eigenvalue weighted by Gasteiger charge is -2.03. The molecule has 0 atom stereocenters. The van der Waals surface area contributed by atoms with Gasteiger partial charge in [0.25, 0.3) is 6.73 Å². The van der Waals surface area contributed by atoms with Gasteiger partial charge in [-0.1, -0.05) is 39.0 Å². The molecule has 2 nitrogen and oxygen atoms in total. The first-order valence-electron chi connectivity index (χ1n) is 7.28. The maximum atomic E-state index is 5.68. The molecule has 1 aromatic heterocycles. The van der Waals surface area contributed by atoms with Crippen molar-refractivity contribution in [2.24, 2.45) is 0 Å². The van der Waals surface area contributed by atoms with E-state index in [1.807, 2.05) is 0 Å². The van der Waals surface area contributed by atoms with Crippen LogP contribution in [0.3, 0.4) is 0 Å². The summed E-state index contributed by atoms with van der Waals surface area (Å²) in [6.07, 6.45) is 12.2. The lowest BCUT2D eigenvalue weighted by atomic mass is 10.1. The highest BCUT2D eigenvalue weighted by Crippen LogP contribution is 2.05. The van der Waals surface area contributed by atoms with Crippen LogP contribution in [0.25, 0.3) is 0 Å². The molecule has 1 rings (SSSR count). The Morgan fingerprint density at radius 1 is 1.00 bits per heavy atom. The van der Waals surface area contributed by atoms with Crippen molar-refractivity contribution in [1.29, 1.82) is 0 Å². The lowest BCUT2D eigenvalue weighted by Crippen LogP contribution is -2.35. The number of rotatable bonds is 9. The van der Waals surface area contributed by atoms with Crippen molar-refractivity contribution in [2.45, 2.75) is 66.0 Å². The van der Waals surface area contributed by atoms with Crippen LogP contribution in [0, 0.1) is 13.8 Å². The Hall–Kier alpha value is -0.890. The minimum absolute atomic E-state index is 0.677. The second kappa shape index (κ2) is 9.09. The molecule has 18 heavy (non-hydrogen) atoms. The van der Waals surface area contributed by atoms with Crippen LogP contribution in [0.5, 0.6) is 0 Å². The summed E-state index contributed by atoms with van der Waals surface area (Å²) in [5, 5.41) is 0. The highest BCUT2D eigenvalue weighted by atomic mass is 16.5. The Bertz CT molecular complexity index is 336. The van der Waals surface area contributed by atoms with Gasteiger partial charge in [0.05, 0.1) is 6.61 Å². The van der Waals surface area contributed by atoms with E-state index in [0.29, 0.717) is 6.73 Å². The fourth-order valence-electron chi connectivity index (χ4n) is 1.97. The SMILES string of the molecule is CCCCCCCCOC[n+]1ccc(C)c(C)c1. The minimum atomic E-state index is 0.677. The van der Waals surface area contributed by atoms with Gasteiger partial charge in [0.1, 0.15) is 0 Å². The monoisotopic (exact) mass is 250 g/mol. The Labute approximate surface area is 112 Å². The van der Waals surface area contributed by atoms with Crippen LogP contribution in [0.1, 0.15) is 56.6 Å². The van der Waals surface area contributed by atoms with E-state index in [4.69, 9.17) is 4.74 Å². The molecule has 0 saturated carbocycles. The van der Waals surface area contributed by atoms with E-state index in [-0.39, 0.29) is 0 Å². The first-order chi connectivity index (χ1) is 8.74. The Balaban J connectivity index is 2.05. The highest BCUT2D eigenvalue weighted by Gasteiger charge is 2.02. The fourth-order valence-corrected chi connectivity index (χ4v) is 1.97. The van der Waals surface area contributed by atoms with Crippen LogP contribution in [0.4, 0.5) is 0 Å². The molecular formula is C16H28NO+. The summed E-state index contributed by atoms with van der Waals surface area (Å²) in [4.78, 5) is 0. The standard InChI is InChI=1S/C16H28NO/c1-4-5-6-7-8-9-12-18-14-17-11-10-15(2)16(3)13-17/h10-11,13H,4-9,12,14H2,1-3H3/q+1. The molecule has 0 aromatic carbocycles. The van der Waals surface area contributed by atoms with E-state index in [2.05, 4.69) is 43.8 Å². The molecule has 0 aliphatic carbocycles. The van der Waals surface area contributed by atoms with Crippen molar-refractivity contribution in [1.82, 2.24) is 0 Å². The summed E-state index contributed by atoms with van der Waals surface area (Å²) >= 11 is 0. The third-order valence-corrected chi connectivity index (χ3v) is 3.38. The normalized spacial score (nSPS) is 10.8. The quantitative estimate of drug-likeness (QED) is 0.478. The maximum Gasteiger partial charge on any atom is 0.252 e. The molecule has 2 heteroatoms. The van der Waals surface area contributed by atoms with Crippen molar-refractivity contribution >= 4 is 0 Å². The van der Waals surface area contributed by atoms with Gasteiger partial charge in [0, 0.05) is 11.6 Å². The topological polar surface area (TPSA) is 13.1 Å². The molecule has 1 aromatic rings. The van der Waals surface area contributed by atoms with Crippen LogP contribution in [0.15, 0.2) is 18.5 Å². The zero-order valence-corrected chi connectivity index (χ0v) is 12.2. The van der Waals surface area contributed by atoms with Crippen molar-refractivity contribution in [2.75, 3.05) is 6.61 Å². The highest BCUT2D eigenvalue weighted by molar-refractivity contribution is 5.16. The predicted octanol–water partition coefficient (Wildman–Crippen LogP) is 3.93. The second-order valence-electron chi connectivity index (χ2n) is 5.13. The number of aryl methyl sites for hydroxylation is 2. The lowest BCUT2D eigenvalue weighted by molar-refractivity contribution is -0.733. The maximum absolute atomic E-state index is 5.68. The van der Waals surface area contributed by atoms with Crippen LogP contribution in [-0.2, 0) is 11.5 Å². The van der Waals surface area contributed by atoms with E-state index in [1.54, 1.807) is 0 Å². The Morgan fingerprint density at radius 2 is 1.72 bits per heavy atom. The smallest absolute Gasteiger partial charge is 0.252 e. The van der Waals surface area contributed by atoms with Crippen LogP contribution in [-0.4, -0.2) is 6.61 Å². The molecule has 0 radical (unpaired) electrons. The van der Waals surface area contributed by atoms with E-state index >= 15 is 0 Å². The average Bonchev–Trinajstić information content (AvgIpc) is 2.37. The Kier molecular flexibility index (Phi) is 7.66. The largest absolute Gasteiger partial charge is 0.323 e. The molecule has 0 spiro atoms. The summed E-state index contributed by atoms with van der Waals surface area (Å²) < 4.78 is 7.79. The van der Waals surface area contributed by atoms with E-state index in [0.717, 1.165) is 6.61 Å². The number of nitrogens with zero attached hydrogens (tertiary/aromatic N) is 1. The van der Waals surface area contributed by atoms with Crippen LogP contribution in [0.2, 0.25) is 0 Å². The predicted molar refractivity (Wildman–Crippen MR) is 75.4 cm³/mol. The summed E-state index contributed by atoms with van der Waals surface area (Å²) in [7, 11) is 0. The number of hydrogen-bond donors (Lipinski definition) is 0. The number of hydrogen-bond acceptors (Lipinski definition) is 1. The Morgan fingerprint density at radius 3 is 2.44 bits per heavy atom. The van der Waals surface area contributed by atoms with Crippen molar-refractivity contribution in [3.05, 3.63) is 29.6 Å². The van der Waals surface area contributed by atoms with Gasteiger partial charge in [-0.05, 0) is 25.8 Å². The molecule has 0 aliphatic heterocycles. The van der Waals surface area contributed by atoms with Gasteiger partial charge < -0.3 is 4.74 Å². The molecule has 0 fully saturated rings. The van der Waals surface area contributed by atoms with Gasteiger partial charge in [0.15, 0.2) is 12.4 Å². The third kappa shape index (κ3) is 6.15. The number of ether oxygens (including phenoxy) is 1. The molecule has 0 saturated heterocycles. The van der Waals surface area contributed by atoms with Gasteiger partial charge in [-0.3, -0.25) is 0 Å². The van der Waals surface area contributed by atoms with Gasteiger partial charge >= 0.3 is 0 Å². The van der Waals surface area contributed by atoms with E-state index in [1.165, 1.54) is 49.7 Å². The molecule has 0 amide bonds. The molecule has 0 unspecified atom stereocenters. The number of pyridine rings is 1. The summed E-state index contributed by atoms with van der Waals surface area (Å²) in [6.45, 7) is 8.09. The van der Waals surface area contributed by atoms with Crippen molar-refractivity contribution < 1.29 is 9.30 Å². The summed E-state index contributed by atoms with van der Waals surface area (Å²) in [6, 6.07) is 2.14.